The first-order valence-electron chi connectivity index (χ1n) is 6.12. The molecule has 1 aliphatic rings. The predicted molar refractivity (Wildman–Crippen MR) is 67.4 cm³/mol. The van der Waals surface area contributed by atoms with Crippen LogP contribution in [0.25, 0.3) is 11.0 Å². The van der Waals surface area contributed by atoms with E-state index in [2.05, 4.69) is 15.3 Å². The van der Waals surface area contributed by atoms with E-state index in [9.17, 15) is 9.90 Å². The average molecular weight is 245 g/mol. The van der Waals surface area contributed by atoms with Crippen molar-refractivity contribution in [1.82, 2.24) is 15.3 Å². The summed E-state index contributed by atoms with van der Waals surface area (Å²) in [6.45, 7) is 1.41. The van der Waals surface area contributed by atoms with E-state index in [0.717, 1.165) is 29.6 Å². The molecule has 1 saturated heterocycles. The van der Waals surface area contributed by atoms with Gasteiger partial charge in [0.15, 0.2) is 0 Å². The van der Waals surface area contributed by atoms with Crippen molar-refractivity contribution in [2.45, 2.75) is 12.3 Å². The topological polar surface area (TPSA) is 78.0 Å². The molecule has 2 aromatic rings. The summed E-state index contributed by atoms with van der Waals surface area (Å²) >= 11 is 0. The summed E-state index contributed by atoms with van der Waals surface area (Å²) in [7, 11) is 0. The molecule has 1 aromatic heterocycles. The fraction of sp³-hybridized carbons (Fsp3) is 0.385. The number of aromatic nitrogens is 2. The van der Waals surface area contributed by atoms with Gasteiger partial charge in [0.25, 0.3) is 0 Å². The smallest absolute Gasteiger partial charge is 0.308 e. The van der Waals surface area contributed by atoms with Crippen molar-refractivity contribution < 1.29 is 9.90 Å². The van der Waals surface area contributed by atoms with Crippen LogP contribution in [0.2, 0.25) is 0 Å². The third-order valence-corrected chi connectivity index (χ3v) is 3.67. The summed E-state index contributed by atoms with van der Waals surface area (Å²) in [6, 6.07) is 5.96. The van der Waals surface area contributed by atoms with Crippen LogP contribution in [0.4, 0.5) is 0 Å². The zero-order valence-electron chi connectivity index (χ0n) is 9.89. The number of nitrogens with one attached hydrogen (secondary N) is 2. The molecule has 1 aliphatic heterocycles. The van der Waals surface area contributed by atoms with E-state index in [1.54, 1.807) is 6.33 Å². The molecule has 5 nitrogen and oxygen atoms in total. The SMILES string of the molecule is O=C(O)C1CNCCC1c1ccc2nc[nH]c2c1. The lowest BCUT2D eigenvalue weighted by Crippen LogP contribution is -2.39. The fourth-order valence-corrected chi connectivity index (χ4v) is 2.70. The Morgan fingerprint density at radius 2 is 2.33 bits per heavy atom. The van der Waals surface area contributed by atoms with Gasteiger partial charge in [-0.15, -0.1) is 0 Å². The molecule has 0 amide bonds. The summed E-state index contributed by atoms with van der Waals surface area (Å²) in [6.07, 6.45) is 2.52. The van der Waals surface area contributed by atoms with Crippen LogP contribution in [0, 0.1) is 5.92 Å². The number of nitrogens with zero attached hydrogens (tertiary/aromatic N) is 1. The Labute approximate surface area is 104 Å². The Balaban J connectivity index is 1.97. The van der Waals surface area contributed by atoms with Gasteiger partial charge in [0, 0.05) is 6.54 Å². The summed E-state index contributed by atoms with van der Waals surface area (Å²) < 4.78 is 0. The summed E-state index contributed by atoms with van der Waals surface area (Å²) in [5.41, 5.74) is 2.97. The van der Waals surface area contributed by atoms with E-state index in [-0.39, 0.29) is 11.8 Å². The number of imidazole rings is 1. The van der Waals surface area contributed by atoms with Crippen molar-refractivity contribution in [2.75, 3.05) is 13.1 Å². The van der Waals surface area contributed by atoms with Gasteiger partial charge in [0.05, 0.1) is 23.3 Å². The van der Waals surface area contributed by atoms with Crippen molar-refractivity contribution in [3.05, 3.63) is 30.1 Å². The van der Waals surface area contributed by atoms with E-state index < -0.39 is 5.97 Å². The highest BCUT2D eigenvalue weighted by Gasteiger charge is 2.31. The molecule has 2 heterocycles. The van der Waals surface area contributed by atoms with Crippen molar-refractivity contribution in [3.63, 3.8) is 0 Å². The maximum absolute atomic E-state index is 11.3. The van der Waals surface area contributed by atoms with Crippen molar-refractivity contribution in [3.8, 4) is 0 Å². The number of rotatable bonds is 2. The Hall–Kier alpha value is -1.88. The fourth-order valence-electron chi connectivity index (χ4n) is 2.70. The zero-order chi connectivity index (χ0) is 12.5. The molecule has 3 N–H and O–H groups in total. The molecule has 0 radical (unpaired) electrons. The maximum Gasteiger partial charge on any atom is 0.308 e. The number of aromatic amines is 1. The van der Waals surface area contributed by atoms with Crippen LogP contribution in [0.15, 0.2) is 24.5 Å². The van der Waals surface area contributed by atoms with E-state index in [0.29, 0.717) is 6.54 Å². The van der Waals surface area contributed by atoms with Gasteiger partial charge in [-0.2, -0.15) is 0 Å². The van der Waals surface area contributed by atoms with Crippen LogP contribution >= 0.6 is 0 Å². The van der Waals surface area contributed by atoms with Gasteiger partial charge < -0.3 is 15.4 Å². The monoisotopic (exact) mass is 245 g/mol. The average Bonchev–Trinajstić information content (AvgIpc) is 2.85. The van der Waals surface area contributed by atoms with Crippen LogP contribution in [0.5, 0.6) is 0 Å². The Morgan fingerprint density at radius 3 is 3.17 bits per heavy atom. The number of hydrogen-bond acceptors (Lipinski definition) is 3. The van der Waals surface area contributed by atoms with Gasteiger partial charge in [0.1, 0.15) is 0 Å². The molecule has 18 heavy (non-hydrogen) atoms. The lowest BCUT2D eigenvalue weighted by Gasteiger charge is -2.29. The molecule has 1 fully saturated rings. The molecule has 0 spiro atoms. The number of H-pyrrole nitrogens is 1. The number of hydrogen-bond donors (Lipinski definition) is 3. The third kappa shape index (κ3) is 1.86. The molecule has 94 valence electrons. The lowest BCUT2D eigenvalue weighted by atomic mass is 9.81. The second-order valence-electron chi connectivity index (χ2n) is 4.72. The molecular formula is C13H15N3O2. The predicted octanol–water partition coefficient (Wildman–Crippen LogP) is 1.34. The van der Waals surface area contributed by atoms with Crippen molar-refractivity contribution >= 4 is 17.0 Å². The first kappa shape index (κ1) is 11.2. The minimum absolute atomic E-state index is 0.0800. The second kappa shape index (κ2) is 4.42. The molecule has 3 rings (SSSR count). The number of carboxylic acid groups (broad SMARTS) is 1. The second-order valence-corrected chi connectivity index (χ2v) is 4.72. The third-order valence-electron chi connectivity index (χ3n) is 3.67. The first-order valence-corrected chi connectivity index (χ1v) is 6.12. The van der Waals surface area contributed by atoms with Gasteiger partial charge in [0.2, 0.25) is 0 Å². The van der Waals surface area contributed by atoms with Crippen LogP contribution in [-0.2, 0) is 4.79 Å². The molecule has 0 saturated carbocycles. The van der Waals surface area contributed by atoms with E-state index in [1.165, 1.54) is 0 Å². The number of aliphatic carboxylic acids is 1. The summed E-state index contributed by atoms with van der Waals surface area (Å²) in [5, 5.41) is 12.4. The molecule has 1 aromatic carbocycles. The van der Waals surface area contributed by atoms with E-state index >= 15 is 0 Å². The van der Waals surface area contributed by atoms with E-state index in [4.69, 9.17) is 0 Å². The highest BCUT2D eigenvalue weighted by molar-refractivity contribution is 5.76. The number of carboxylic acids is 1. The Morgan fingerprint density at radius 1 is 1.44 bits per heavy atom. The largest absolute Gasteiger partial charge is 0.481 e. The molecule has 2 atom stereocenters. The highest BCUT2D eigenvalue weighted by Crippen LogP contribution is 2.31. The Bertz CT molecular complexity index is 578. The van der Waals surface area contributed by atoms with Crippen LogP contribution < -0.4 is 5.32 Å². The lowest BCUT2D eigenvalue weighted by molar-refractivity contribution is -0.142. The molecule has 0 aliphatic carbocycles. The zero-order valence-corrected chi connectivity index (χ0v) is 9.89. The van der Waals surface area contributed by atoms with Gasteiger partial charge >= 0.3 is 5.97 Å². The summed E-state index contributed by atoms with van der Waals surface area (Å²) in [5.74, 6) is -0.993. The van der Waals surface area contributed by atoms with Gasteiger partial charge in [-0.1, -0.05) is 6.07 Å². The van der Waals surface area contributed by atoms with Gasteiger partial charge in [-0.25, -0.2) is 4.98 Å². The van der Waals surface area contributed by atoms with E-state index in [1.807, 2.05) is 18.2 Å². The number of carbonyl (C=O) groups is 1. The van der Waals surface area contributed by atoms with Crippen molar-refractivity contribution in [2.24, 2.45) is 5.92 Å². The van der Waals surface area contributed by atoms with Crippen LogP contribution in [0.1, 0.15) is 17.9 Å². The molecule has 2 unspecified atom stereocenters. The molecule has 0 bridgehead atoms. The Kier molecular flexibility index (Phi) is 2.76. The van der Waals surface area contributed by atoms with Gasteiger partial charge in [-0.05, 0) is 36.6 Å². The highest BCUT2D eigenvalue weighted by atomic mass is 16.4. The number of benzene rings is 1. The summed E-state index contributed by atoms with van der Waals surface area (Å²) in [4.78, 5) is 18.5. The quantitative estimate of drug-likeness (QED) is 0.746. The van der Waals surface area contributed by atoms with Crippen LogP contribution in [-0.4, -0.2) is 34.1 Å². The van der Waals surface area contributed by atoms with Gasteiger partial charge in [-0.3, -0.25) is 4.79 Å². The maximum atomic E-state index is 11.3. The molecule has 5 heteroatoms. The minimum Gasteiger partial charge on any atom is -0.481 e. The van der Waals surface area contributed by atoms with Crippen molar-refractivity contribution in [1.29, 1.82) is 0 Å². The standard InChI is InChI=1S/C13H15N3O2/c17-13(18)10-6-14-4-3-9(10)8-1-2-11-12(5-8)16-7-15-11/h1-2,5,7,9-10,14H,3-4,6H2,(H,15,16)(H,17,18). The molecular weight excluding hydrogens is 230 g/mol. The normalized spacial score (nSPS) is 24.2. The minimum atomic E-state index is -0.725. The number of piperidine rings is 1. The number of fused-ring (bicyclic) bond motifs is 1. The van der Waals surface area contributed by atoms with Crippen LogP contribution in [0.3, 0.4) is 0 Å². The first-order chi connectivity index (χ1) is 8.75.